The molecular formula is C28H27BrN4O4. The molecule has 0 bridgehead atoms. The van der Waals surface area contributed by atoms with E-state index in [0.29, 0.717) is 38.9 Å². The van der Waals surface area contributed by atoms with Gasteiger partial charge in [0.15, 0.2) is 0 Å². The minimum atomic E-state index is -0.651. The monoisotopic (exact) mass is 562 g/mol. The third-order valence-electron chi connectivity index (χ3n) is 5.35. The first-order chi connectivity index (χ1) is 17.4. The van der Waals surface area contributed by atoms with Crippen molar-refractivity contribution in [3.8, 4) is 17.9 Å². The SMILES string of the molecule is COc1ccc(C#N)cc1/C=C(\C#N)c1cn(C(=O)CC(C)NC(=O)OC(C)(C)C)c2ccc(Br)cc12. The Kier molecular flexibility index (Phi) is 8.42. The number of aromatic nitrogens is 1. The summed E-state index contributed by atoms with van der Waals surface area (Å²) in [5.74, 6) is 0.248. The molecule has 0 aliphatic carbocycles. The van der Waals surface area contributed by atoms with Crippen LogP contribution >= 0.6 is 15.9 Å². The molecule has 0 radical (unpaired) electrons. The molecule has 0 saturated heterocycles. The van der Waals surface area contributed by atoms with Crippen molar-refractivity contribution in [1.82, 2.24) is 9.88 Å². The van der Waals surface area contributed by atoms with Crippen LogP contribution in [-0.2, 0) is 4.74 Å². The second-order valence-electron chi connectivity index (χ2n) is 9.46. The van der Waals surface area contributed by atoms with Crippen LogP contribution < -0.4 is 10.1 Å². The minimum absolute atomic E-state index is 0.0160. The summed E-state index contributed by atoms with van der Waals surface area (Å²) in [4.78, 5) is 25.4. The van der Waals surface area contributed by atoms with Crippen molar-refractivity contribution in [2.75, 3.05) is 7.11 Å². The topological polar surface area (TPSA) is 117 Å². The number of fused-ring (bicyclic) bond motifs is 1. The molecule has 1 N–H and O–H groups in total. The number of nitrogens with one attached hydrogen (secondary N) is 1. The predicted molar refractivity (Wildman–Crippen MR) is 145 cm³/mol. The van der Waals surface area contributed by atoms with Crippen molar-refractivity contribution in [2.24, 2.45) is 0 Å². The van der Waals surface area contributed by atoms with Gasteiger partial charge in [-0.2, -0.15) is 10.5 Å². The number of methoxy groups -OCH3 is 1. The van der Waals surface area contributed by atoms with Gasteiger partial charge in [0.25, 0.3) is 0 Å². The number of hydrogen-bond donors (Lipinski definition) is 1. The van der Waals surface area contributed by atoms with Crippen LogP contribution in [0.3, 0.4) is 0 Å². The van der Waals surface area contributed by atoms with Crippen molar-refractivity contribution in [3.63, 3.8) is 0 Å². The standard InChI is InChI=1S/C28H27BrN4O4/c1-17(32-27(35)37-28(2,3)4)10-26(34)33-16-23(22-13-21(29)7-8-24(22)33)20(15-31)12-19-11-18(14-30)6-9-25(19)36-5/h6-9,11-13,16-17H,10H2,1-5H3,(H,32,35)/b20-12+. The number of nitriles is 2. The zero-order valence-corrected chi connectivity index (χ0v) is 22.8. The normalized spacial score (nSPS) is 12.4. The van der Waals surface area contributed by atoms with Gasteiger partial charge >= 0.3 is 6.09 Å². The highest BCUT2D eigenvalue weighted by molar-refractivity contribution is 9.10. The fourth-order valence-corrected chi connectivity index (χ4v) is 4.15. The van der Waals surface area contributed by atoms with E-state index in [2.05, 4.69) is 33.4 Å². The molecule has 0 aliphatic heterocycles. The summed E-state index contributed by atoms with van der Waals surface area (Å²) in [6.07, 6.45) is 2.67. The van der Waals surface area contributed by atoms with E-state index in [1.807, 2.05) is 12.1 Å². The molecule has 1 atom stereocenters. The van der Waals surface area contributed by atoms with Gasteiger partial charge < -0.3 is 14.8 Å². The molecule has 0 aliphatic rings. The van der Waals surface area contributed by atoms with Gasteiger partial charge in [-0.3, -0.25) is 9.36 Å². The molecule has 8 nitrogen and oxygen atoms in total. The molecule has 3 rings (SSSR count). The summed E-state index contributed by atoms with van der Waals surface area (Å²) in [5.41, 5.74) is 1.80. The van der Waals surface area contributed by atoms with E-state index in [0.717, 1.165) is 4.47 Å². The molecule has 3 aromatic rings. The number of rotatable bonds is 6. The lowest BCUT2D eigenvalue weighted by Crippen LogP contribution is -2.39. The summed E-state index contributed by atoms with van der Waals surface area (Å²) >= 11 is 3.47. The Labute approximate surface area is 224 Å². The Hall–Kier alpha value is -4.08. The second-order valence-corrected chi connectivity index (χ2v) is 10.4. The van der Waals surface area contributed by atoms with E-state index in [1.54, 1.807) is 64.2 Å². The molecule has 37 heavy (non-hydrogen) atoms. The summed E-state index contributed by atoms with van der Waals surface area (Å²) < 4.78 is 13.0. The van der Waals surface area contributed by atoms with Gasteiger partial charge in [-0.05, 0) is 70.2 Å². The van der Waals surface area contributed by atoms with Gasteiger partial charge in [0.2, 0.25) is 5.91 Å². The van der Waals surface area contributed by atoms with Crippen molar-refractivity contribution >= 4 is 50.5 Å². The van der Waals surface area contributed by atoms with Crippen LogP contribution in [0, 0.1) is 22.7 Å². The van der Waals surface area contributed by atoms with E-state index in [-0.39, 0.29) is 12.3 Å². The molecule has 9 heteroatoms. The molecule has 2 aromatic carbocycles. The fraction of sp³-hybridized carbons (Fsp3) is 0.286. The highest BCUT2D eigenvalue weighted by atomic mass is 79.9. The Morgan fingerprint density at radius 3 is 2.54 bits per heavy atom. The number of nitrogens with zero attached hydrogens (tertiary/aromatic N) is 3. The average molecular weight is 563 g/mol. The Morgan fingerprint density at radius 2 is 1.92 bits per heavy atom. The van der Waals surface area contributed by atoms with Crippen LogP contribution in [0.2, 0.25) is 0 Å². The van der Waals surface area contributed by atoms with Crippen molar-refractivity contribution < 1.29 is 19.1 Å². The zero-order chi connectivity index (χ0) is 27.3. The van der Waals surface area contributed by atoms with Crippen molar-refractivity contribution in [2.45, 2.75) is 45.8 Å². The van der Waals surface area contributed by atoms with Gasteiger partial charge in [-0.1, -0.05) is 15.9 Å². The van der Waals surface area contributed by atoms with Crippen LogP contribution in [0.25, 0.3) is 22.6 Å². The maximum Gasteiger partial charge on any atom is 0.407 e. The highest BCUT2D eigenvalue weighted by Gasteiger charge is 2.22. The predicted octanol–water partition coefficient (Wildman–Crippen LogP) is 6.29. The Bertz CT molecular complexity index is 1470. The highest BCUT2D eigenvalue weighted by Crippen LogP contribution is 2.33. The fourth-order valence-electron chi connectivity index (χ4n) is 3.79. The van der Waals surface area contributed by atoms with Crippen LogP contribution in [0.15, 0.2) is 47.1 Å². The van der Waals surface area contributed by atoms with E-state index < -0.39 is 17.7 Å². The molecule has 0 saturated carbocycles. The number of allylic oxidation sites excluding steroid dienone is 1. The van der Waals surface area contributed by atoms with E-state index >= 15 is 0 Å². The largest absolute Gasteiger partial charge is 0.496 e. The Balaban J connectivity index is 2.01. The first-order valence-corrected chi connectivity index (χ1v) is 12.3. The van der Waals surface area contributed by atoms with Crippen LogP contribution in [0.5, 0.6) is 5.75 Å². The number of carbonyl (C=O) groups is 2. The molecule has 1 amide bonds. The number of alkyl carbamates (subject to hydrolysis) is 1. The summed E-state index contributed by atoms with van der Waals surface area (Å²) in [5, 5.41) is 22.7. The van der Waals surface area contributed by atoms with Crippen LogP contribution in [0.4, 0.5) is 4.79 Å². The van der Waals surface area contributed by atoms with Gasteiger partial charge in [0.1, 0.15) is 11.4 Å². The van der Waals surface area contributed by atoms with Gasteiger partial charge in [0, 0.05) is 39.6 Å². The maximum absolute atomic E-state index is 13.3. The number of carbonyl (C=O) groups excluding carboxylic acids is 2. The third kappa shape index (κ3) is 6.78. The first kappa shape index (κ1) is 27.5. The summed E-state index contributed by atoms with van der Waals surface area (Å²) in [7, 11) is 1.51. The lowest BCUT2D eigenvalue weighted by Gasteiger charge is -2.21. The van der Waals surface area contributed by atoms with Crippen LogP contribution in [0.1, 0.15) is 55.6 Å². The smallest absolute Gasteiger partial charge is 0.407 e. The summed E-state index contributed by atoms with van der Waals surface area (Å²) in [6, 6.07) is 14.2. The number of halogens is 1. The number of ether oxygens (including phenoxy) is 2. The quantitative estimate of drug-likeness (QED) is 0.352. The molecule has 0 spiro atoms. The molecule has 1 aromatic heterocycles. The Morgan fingerprint density at radius 1 is 1.19 bits per heavy atom. The molecule has 190 valence electrons. The van der Waals surface area contributed by atoms with Crippen molar-refractivity contribution in [3.05, 3.63) is 63.8 Å². The first-order valence-electron chi connectivity index (χ1n) is 11.5. The number of benzene rings is 2. The van der Waals surface area contributed by atoms with Gasteiger partial charge in [0.05, 0.1) is 35.9 Å². The van der Waals surface area contributed by atoms with E-state index in [9.17, 15) is 20.1 Å². The van der Waals surface area contributed by atoms with Gasteiger partial charge in [-0.15, -0.1) is 0 Å². The molecule has 1 unspecified atom stereocenters. The second kappa shape index (κ2) is 11.3. The lowest BCUT2D eigenvalue weighted by molar-refractivity contribution is 0.0505. The zero-order valence-electron chi connectivity index (χ0n) is 21.3. The lowest BCUT2D eigenvalue weighted by atomic mass is 10.0. The molecular weight excluding hydrogens is 536 g/mol. The van der Waals surface area contributed by atoms with Crippen molar-refractivity contribution in [1.29, 1.82) is 10.5 Å². The number of amides is 1. The summed E-state index contributed by atoms with van der Waals surface area (Å²) in [6.45, 7) is 7.02. The van der Waals surface area contributed by atoms with E-state index in [4.69, 9.17) is 9.47 Å². The number of hydrogen-bond acceptors (Lipinski definition) is 6. The molecule has 0 fully saturated rings. The van der Waals surface area contributed by atoms with Crippen LogP contribution in [-0.4, -0.2) is 35.3 Å². The molecule has 1 heterocycles. The van der Waals surface area contributed by atoms with Gasteiger partial charge in [-0.25, -0.2) is 4.79 Å². The van der Waals surface area contributed by atoms with E-state index in [1.165, 1.54) is 11.7 Å². The average Bonchev–Trinajstić information content (AvgIpc) is 3.19. The third-order valence-corrected chi connectivity index (χ3v) is 5.84. The minimum Gasteiger partial charge on any atom is -0.496 e. The maximum atomic E-state index is 13.3.